The van der Waals surface area contributed by atoms with Crippen molar-refractivity contribution >= 4 is 11.9 Å². The quantitative estimate of drug-likeness (QED) is 0.235. The number of ether oxygens (including phenoxy) is 1. The molecule has 210 valence electrons. The minimum atomic E-state index is -0.697. The molecule has 0 bridgehead atoms. The first-order valence-corrected chi connectivity index (χ1v) is 14.6. The molecule has 0 amide bonds. The molecule has 1 N–H and O–H groups in total. The van der Waals surface area contributed by atoms with Crippen LogP contribution in [0.2, 0.25) is 0 Å². The van der Waals surface area contributed by atoms with E-state index in [9.17, 15) is 9.59 Å². The van der Waals surface area contributed by atoms with Gasteiger partial charge in [-0.3, -0.25) is 9.59 Å². The molecule has 2 aliphatic rings. The van der Waals surface area contributed by atoms with Crippen molar-refractivity contribution < 1.29 is 19.4 Å². The predicted molar refractivity (Wildman–Crippen MR) is 147 cm³/mol. The van der Waals surface area contributed by atoms with Gasteiger partial charge in [0.25, 0.3) is 0 Å². The fourth-order valence-corrected chi connectivity index (χ4v) is 6.39. The van der Waals surface area contributed by atoms with E-state index < -0.39 is 5.97 Å². The summed E-state index contributed by atoms with van der Waals surface area (Å²) in [5.74, 6) is 0.394. The third-order valence-corrected chi connectivity index (χ3v) is 10.4. The van der Waals surface area contributed by atoms with E-state index in [1.54, 1.807) is 0 Å². The molecule has 0 spiro atoms. The predicted octanol–water partition coefficient (Wildman–Crippen LogP) is 6.23. The maximum atomic E-state index is 13.8. The van der Waals surface area contributed by atoms with E-state index in [1.165, 1.54) is 0 Å². The van der Waals surface area contributed by atoms with Gasteiger partial charge < -0.3 is 19.6 Å². The first-order valence-electron chi connectivity index (χ1n) is 14.6. The lowest BCUT2D eigenvalue weighted by Gasteiger charge is -2.51. The summed E-state index contributed by atoms with van der Waals surface area (Å²) in [7, 11) is 4.38. The number of piperidine rings is 2. The van der Waals surface area contributed by atoms with Crippen LogP contribution in [0.1, 0.15) is 112 Å². The van der Waals surface area contributed by atoms with Gasteiger partial charge in [-0.1, -0.05) is 52.4 Å². The molecule has 0 aromatic rings. The summed E-state index contributed by atoms with van der Waals surface area (Å²) in [6, 6.07) is 0. The van der Waals surface area contributed by atoms with E-state index in [2.05, 4.69) is 65.4 Å². The number of carbonyl (C=O) groups excluding carboxylic acids is 1. The van der Waals surface area contributed by atoms with E-state index in [1.807, 2.05) is 0 Å². The van der Waals surface area contributed by atoms with Crippen LogP contribution in [0.25, 0.3) is 0 Å². The second-order valence-corrected chi connectivity index (χ2v) is 13.0. The molecule has 2 rings (SSSR count). The van der Waals surface area contributed by atoms with Gasteiger partial charge in [-0.15, -0.1) is 0 Å². The van der Waals surface area contributed by atoms with Gasteiger partial charge in [-0.2, -0.15) is 0 Å². The van der Waals surface area contributed by atoms with Gasteiger partial charge in [-0.25, -0.2) is 0 Å². The summed E-state index contributed by atoms with van der Waals surface area (Å²) in [5.41, 5.74) is 0.0895. The molecule has 2 saturated heterocycles. The molecule has 0 aliphatic carbocycles. The number of rotatable bonds is 13. The van der Waals surface area contributed by atoms with Crippen LogP contribution < -0.4 is 0 Å². The number of unbranched alkanes of at least 4 members (excludes halogenated alkanes) is 6. The van der Waals surface area contributed by atoms with Gasteiger partial charge >= 0.3 is 11.9 Å². The Balaban J connectivity index is 1.98. The molecule has 2 heterocycles. The maximum absolute atomic E-state index is 13.8. The number of carboxylic acids is 1. The van der Waals surface area contributed by atoms with Crippen molar-refractivity contribution in [2.75, 3.05) is 27.2 Å². The highest BCUT2D eigenvalue weighted by Crippen LogP contribution is 2.43. The Kier molecular flexibility index (Phi) is 11.7. The van der Waals surface area contributed by atoms with Crippen LogP contribution in [0.5, 0.6) is 0 Å². The highest BCUT2D eigenvalue weighted by atomic mass is 16.5. The summed E-state index contributed by atoms with van der Waals surface area (Å²) < 4.78 is 6.36. The number of nitrogens with zero attached hydrogens (tertiary/aromatic N) is 2. The van der Waals surface area contributed by atoms with E-state index in [0.717, 1.165) is 77.3 Å². The largest absolute Gasteiger partial charge is 0.481 e. The van der Waals surface area contributed by atoms with Crippen molar-refractivity contribution in [3.05, 3.63) is 0 Å². The Morgan fingerprint density at radius 1 is 0.833 bits per heavy atom. The first kappa shape index (κ1) is 31.1. The fourth-order valence-electron chi connectivity index (χ4n) is 6.39. The average molecular weight is 509 g/mol. The van der Waals surface area contributed by atoms with Crippen molar-refractivity contribution in [2.24, 2.45) is 23.7 Å². The lowest BCUT2D eigenvalue weighted by atomic mass is 9.67. The van der Waals surface area contributed by atoms with Crippen LogP contribution in [0.4, 0.5) is 0 Å². The fraction of sp³-hybridized carbons (Fsp3) is 0.933. The highest BCUT2D eigenvalue weighted by molar-refractivity contribution is 5.73. The third kappa shape index (κ3) is 7.93. The number of carbonyl (C=O) groups is 2. The van der Waals surface area contributed by atoms with Gasteiger partial charge in [0.15, 0.2) is 0 Å². The van der Waals surface area contributed by atoms with E-state index in [-0.39, 0.29) is 35.5 Å². The average Bonchev–Trinajstić information content (AvgIpc) is 2.80. The lowest BCUT2D eigenvalue weighted by Crippen LogP contribution is -2.57. The van der Waals surface area contributed by atoms with Crippen LogP contribution >= 0.6 is 0 Å². The number of carboxylic acid groups (broad SMARTS) is 1. The first-order chi connectivity index (χ1) is 16.8. The van der Waals surface area contributed by atoms with E-state index in [0.29, 0.717) is 17.8 Å². The molecule has 2 aliphatic heterocycles. The Morgan fingerprint density at radius 2 is 1.33 bits per heavy atom. The number of hydrogen-bond donors (Lipinski definition) is 1. The number of likely N-dealkylation sites (tertiary alicyclic amines) is 2. The molecule has 6 nitrogen and oxygen atoms in total. The Morgan fingerprint density at radius 3 is 1.92 bits per heavy atom. The summed E-state index contributed by atoms with van der Waals surface area (Å²) in [4.78, 5) is 29.3. The summed E-state index contributed by atoms with van der Waals surface area (Å²) in [5, 5.41) is 8.77. The molecule has 36 heavy (non-hydrogen) atoms. The molecule has 0 aromatic carbocycles. The van der Waals surface area contributed by atoms with Gasteiger partial charge in [0, 0.05) is 30.0 Å². The minimum absolute atomic E-state index is 0.00779. The van der Waals surface area contributed by atoms with Crippen LogP contribution in [-0.4, -0.2) is 71.2 Å². The van der Waals surface area contributed by atoms with Gasteiger partial charge in [0.2, 0.25) is 0 Å². The summed E-state index contributed by atoms with van der Waals surface area (Å²) in [6.07, 6.45) is 10.5. The topological polar surface area (TPSA) is 70.1 Å². The van der Waals surface area contributed by atoms with Crippen LogP contribution in [-0.2, 0) is 14.3 Å². The zero-order chi connectivity index (χ0) is 27.1. The zero-order valence-corrected chi connectivity index (χ0v) is 24.6. The van der Waals surface area contributed by atoms with Crippen molar-refractivity contribution in [2.45, 2.75) is 129 Å². The van der Waals surface area contributed by atoms with Crippen LogP contribution in [0.15, 0.2) is 0 Å². The normalized spacial score (nSPS) is 29.6. The van der Waals surface area contributed by atoms with Crippen LogP contribution in [0, 0.1) is 23.7 Å². The molecule has 6 heteroatoms. The van der Waals surface area contributed by atoms with Crippen molar-refractivity contribution in [3.8, 4) is 0 Å². The Hall–Kier alpha value is -1.14. The Bertz CT molecular complexity index is 707. The third-order valence-electron chi connectivity index (χ3n) is 10.4. The molecule has 2 fully saturated rings. The van der Waals surface area contributed by atoms with Gasteiger partial charge in [0.1, 0.15) is 6.10 Å². The van der Waals surface area contributed by atoms with Crippen molar-refractivity contribution in [1.29, 1.82) is 0 Å². The summed E-state index contributed by atoms with van der Waals surface area (Å²) >= 11 is 0. The minimum Gasteiger partial charge on any atom is -0.481 e. The van der Waals surface area contributed by atoms with Gasteiger partial charge in [0.05, 0.1) is 5.92 Å². The van der Waals surface area contributed by atoms with E-state index >= 15 is 0 Å². The number of hydrogen-bond acceptors (Lipinski definition) is 5. The second-order valence-electron chi connectivity index (χ2n) is 13.0. The second kappa shape index (κ2) is 13.6. The molecule has 5 unspecified atom stereocenters. The molecule has 0 saturated carbocycles. The van der Waals surface area contributed by atoms with Crippen LogP contribution in [0.3, 0.4) is 0 Å². The molecule has 0 aromatic heterocycles. The van der Waals surface area contributed by atoms with Crippen molar-refractivity contribution in [1.82, 2.24) is 9.80 Å². The molecular formula is C30H56N2O4. The maximum Gasteiger partial charge on any atom is 0.309 e. The Labute approximate surface area is 221 Å². The van der Waals surface area contributed by atoms with E-state index in [4.69, 9.17) is 9.84 Å². The number of aliphatic carboxylic acids is 1. The SMILES string of the molecule is CC1C(OC(=O)C(CCCCCCCCCC(=O)O)C2CCN(C)C(C)(C)C2C)CCN(C)C1(C)C. The highest BCUT2D eigenvalue weighted by Gasteiger charge is 2.46. The monoisotopic (exact) mass is 508 g/mol. The van der Waals surface area contributed by atoms with Crippen molar-refractivity contribution in [3.63, 3.8) is 0 Å². The molecular weight excluding hydrogens is 452 g/mol. The standard InChI is InChI=1S/C30H56N2O4/c1-22-24(18-20-31(7)29(22,3)4)25(16-14-12-10-9-11-13-15-17-27(33)34)28(35)36-26-19-21-32(8)30(5,6)23(26)2/h22-26H,9-21H2,1-8H3,(H,33,34). The summed E-state index contributed by atoms with van der Waals surface area (Å²) in [6.45, 7) is 15.7. The lowest BCUT2D eigenvalue weighted by molar-refractivity contribution is -0.169. The zero-order valence-electron chi connectivity index (χ0n) is 24.6. The van der Waals surface area contributed by atoms with Gasteiger partial charge in [-0.05, 0) is 85.9 Å². The number of esters is 1. The molecule has 5 atom stereocenters. The smallest absolute Gasteiger partial charge is 0.309 e. The molecule has 0 radical (unpaired) electrons.